The van der Waals surface area contributed by atoms with Crippen LogP contribution in [0.3, 0.4) is 0 Å². The number of anilines is 1. The third-order valence-electron chi connectivity index (χ3n) is 5.04. The zero-order valence-corrected chi connectivity index (χ0v) is 17.0. The molecule has 0 spiro atoms. The van der Waals surface area contributed by atoms with Gasteiger partial charge in [-0.3, -0.25) is 4.31 Å². The average molecular weight is 448 g/mol. The lowest BCUT2D eigenvalue weighted by Crippen LogP contribution is -2.29. The first-order valence-electron chi connectivity index (χ1n) is 8.96. The van der Waals surface area contributed by atoms with Crippen LogP contribution in [0.15, 0.2) is 65.6 Å². The summed E-state index contributed by atoms with van der Waals surface area (Å²) in [6, 6.07) is 14.2. The molecule has 0 bridgehead atoms. The minimum absolute atomic E-state index is 0.0429. The zero-order chi connectivity index (χ0) is 21.7. The summed E-state index contributed by atoms with van der Waals surface area (Å²) in [7, 11) is 1.84. The van der Waals surface area contributed by atoms with Crippen LogP contribution in [-0.4, -0.2) is 22.8 Å². The Morgan fingerprint density at radius 1 is 0.933 bits per heavy atom. The van der Waals surface area contributed by atoms with Crippen LogP contribution in [0, 0.1) is 0 Å². The Morgan fingerprint density at radius 3 is 2.23 bits per heavy atom. The molecule has 152 valence electrons. The second-order valence-corrected chi connectivity index (χ2v) is 9.20. The lowest BCUT2D eigenvalue weighted by Gasteiger charge is -2.20. The van der Waals surface area contributed by atoms with E-state index in [0.717, 1.165) is 23.3 Å². The van der Waals surface area contributed by atoms with E-state index in [1.165, 1.54) is 34.6 Å². The Balaban J connectivity index is 1.66. The highest BCUT2D eigenvalue weighted by molar-refractivity contribution is 7.92. The van der Waals surface area contributed by atoms with Gasteiger partial charge in [-0.05, 0) is 59.5 Å². The summed E-state index contributed by atoms with van der Waals surface area (Å²) in [5.74, 6) is 0. The highest BCUT2D eigenvalue weighted by Gasteiger charge is 2.32. The fourth-order valence-electron chi connectivity index (χ4n) is 3.45. The van der Waals surface area contributed by atoms with Crippen LogP contribution in [0.4, 0.5) is 18.9 Å². The van der Waals surface area contributed by atoms with Gasteiger partial charge in [0.2, 0.25) is 0 Å². The van der Waals surface area contributed by atoms with E-state index >= 15 is 0 Å². The molecule has 30 heavy (non-hydrogen) atoms. The second-order valence-electron chi connectivity index (χ2n) is 6.93. The third-order valence-corrected chi connectivity index (χ3v) is 7.17. The molecule has 3 nitrogen and oxygen atoms in total. The molecular formula is C21H14BClF3NO2S. The highest BCUT2D eigenvalue weighted by atomic mass is 35.5. The molecule has 1 aliphatic heterocycles. The highest BCUT2D eigenvalue weighted by Crippen LogP contribution is 2.37. The van der Waals surface area contributed by atoms with Crippen molar-refractivity contribution in [1.29, 1.82) is 0 Å². The third kappa shape index (κ3) is 3.70. The Kier molecular flexibility index (Phi) is 5.10. The van der Waals surface area contributed by atoms with E-state index in [-0.39, 0.29) is 16.5 Å². The Morgan fingerprint density at radius 2 is 1.60 bits per heavy atom. The Bertz CT molecular complexity index is 1230. The molecule has 0 aromatic heterocycles. The number of hydrogen-bond donors (Lipinski definition) is 0. The van der Waals surface area contributed by atoms with E-state index in [0.29, 0.717) is 23.1 Å². The molecule has 0 atom stereocenters. The van der Waals surface area contributed by atoms with Crippen molar-refractivity contribution in [2.75, 3.05) is 10.8 Å². The number of hydrogen-bond acceptors (Lipinski definition) is 2. The molecule has 0 aliphatic carbocycles. The molecule has 3 aromatic carbocycles. The van der Waals surface area contributed by atoms with Gasteiger partial charge < -0.3 is 0 Å². The van der Waals surface area contributed by atoms with Gasteiger partial charge in [0, 0.05) is 11.6 Å². The molecule has 0 saturated heterocycles. The van der Waals surface area contributed by atoms with Gasteiger partial charge in [0.25, 0.3) is 10.0 Å². The van der Waals surface area contributed by atoms with Crippen molar-refractivity contribution in [3.63, 3.8) is 0 Å². The number of benzene rings is 3. The molecule has 3 aromatic rings. The van der Waals surface area contributed by atoms with Crippen LogP contribution in [0.1, 0.15) is 11.1 Å². The molecule has 0 unspecified atom stereocenters. The summed E-state index contributed by atoms with van der Waals surface area (Å²) in [6.45, 7) is 0.260. The van der Waals surface area contributed by atoms with Crippen molar-refractivity contribution in [2.24, 2.45) is 0 Å². The van der Waals surface area contributed by atoms with Crippen molar-refractivity contribution in [1.82, 2.24) is 0 Å². The number of alkyl halides is 3. The molecule has 0 saturated carbocycles. The normalized spacial score (nSPS) is 14.1. The zero-order valence-electron chi connectivity index (χ0n) is 15.4. The molecule has 1 aliphatic rings. The summed E-state index contributed by atoms with van der Waals surface area (Å²) in [4.78, 5) is 0.0429. The molecule has 2 radical (unpaired) electrons. The molecule has 9 heteroatoms. The van der Waals surface area contributed by atoms with Gasteiger partial charge in [-0.25, -0.2) is 8.42 Å². The van der Waals surface area contributed by atoms with Gasteiger partial charge in [0.15, 0.2) is 0 Å². The van der Waals surface area contributed by atoms with E-state index in [2.05, 4.69) is 0 Å². The van der Waals surface area contributed by atoms with Crippen molar-refractivity contribution in [2.45, 2.75) is 17.5 Å². The molecule has 0 amide bonds. The second kappa shape index (κ2) is 7.36. The van der Waals surface area contributed by atoms with Crippen molar-refractivity contribution in [3.8, 4) is 11.1 Å². The van der Waals surface area contributed by atoms with Gasteiger partial charge in [-0.15, -0.1) is 0 Å². The first-order valence-corrected chi connectivity index (χ1v) is 10.8. The number of halogens is 4. The maximum absolute atomic E-state index is 13.1. The lowest BCUT2D eigenvalue weighted by atomic mass is 9.97. The Hall–Kier alpha value is -2.45. The molecule has 0 N–H and O–H groups in total. The fourth-order valence-corrected chi connectivity index (χ4v) is 5.22. The maximum atomic E-state index is 13.1. The molecule has 4 rings (SSSR count). The number of sulfonamides is 1. The SMILES string of the molecule is [B]c1ccc(S(=O)(=O)N2CCc3cc(-c4ccc(C(F)(F)F)cc4)ccc32)cc1Cl. The van der Waals surface area contributed by atoms with E-state index in [1.807, 2.05) is 6.07 Å². The van der Waals surface area contributed by atoms with Gasteiger partial charge in [0.1, 0.15) is 7.85 Å². The first-order chi connectivity index (χ1) is 14.1. The van der Waals surface area contributed by atoms with E-state index in [9.17, 15) is 21.6 Å². The van der Waals surface area contributed by atoms with E-state index in [4.69, 9.17) is 19.4 Å². The van der Waals surface area contributed by atoms with Gasteiger partial charge in [-0.2, -0.15) is 13.2 Å². The van der Waals surface area contributed by atoms with E-state index in [1.54, 1.807) is 12.1 Å². The quantitative estimate of drug-likeness (QED) is 0.552. The minimum Gasteiger partial charge on any atom is -0.266 e. The Labute approximate surface area is 178 Å². The lowest BCUT2D eigenvalue weighted by molar-refractivity contribution is -0.137. The topological polar surface area (TPSA) is 37.4 Å². The monoisotopic (exact) mass is 447 g/mol. The summed E-state index contributed by atoms with van der Waals surface area (Å²) in [5, 5.41) is 0.160. The minimum atomic E-state index is -4.39. The molecular weight excluding hydrogens is 434 g/mol. The van der Waals surface area contributed by atoms with Crippen molar-refractivity contribution in [3.05, 3.63) is 76.8 Å². The van der Waals surface area contributed by atoms with Crippen LogP contribution in [0.5, 0.6) is 0 Å². The predicted octanol–water partition coefficient (Wildman–Crippen LogP) is 4.57. The fraction of sp³-hybridized carbons (Fsp3) is 0.143. The molecule has 1 heterocycles. The summed E-state index contributed by atoms with van der Waals surface area (Å²) >= 11 is 5.98. The number of rotatable bonds is 3. The standard InChI is InChI=1S/C21H14BClF3NO2S/c22-18-7-6-17(12-19(18)23)30(28,29)27-10-9-15-11-14(3-8-20(15)27)13-1-4-16(5-2-13)21(24,25)26/h1-8,11-12H,9-10H2. The first kappa shape index (κ1) is 20.8. The van der Waals surface area contributed by atoms with Crippen LogP contribution < -0.4 is 9.77 Å². The molecule has 0 fully saturated rings. The van der Waals surface area contributed by atoms with Gasteiger partial charge >= 0.3 is 6.18 Å². The smallest absolute Gasteiger partial charge is 0.266 e. The van der Waals surface area contributed by atoms with Gasteiger partial charge in [-0.1, -0.05) is 41.3 Å². The van der Waals surface area contributed by atoms with Crippen LogP contribution >= 0.6 is 11.6 Å². The van der Waals surface area contributed by atoms with Crippen LogP contribution in [-0.2, 0) is 22.6 Å². The maximum Gasteiger partial charge on any atom is 0.416 e. The largest absolute Gasteiger partial charge is 0.416 e. The number of fused-ring (bicyclic) bond motifs is 1. The van der Waals surface area contributed by atoms with Crippen molar-refractivity contribution >= 4 is 40.6 Å². The summed E-state index contributed by atoms with van der Waals surface area (Å²) < 4.78 is 65.7. The van der Waals surface area contributed by atoms with Crippen LogP contribution in [0.2, 0.25) is 5.02 Å². The number of nitrogens with zero attached hydrogens (tertiary/aromatic N) is 1. The van der Waals surface area contributed by atoms with Crippen molar-refractivity contribution < 1.29 is 21.6 Å². The average Bonchev–Trinajstić information content (AvgIpc) is 3.13. The van der Waals surface area contributed by atoms with E-state index < -0.39 is 21.8 Å². The summed E-state index contributed by atoms with van der Waals surface area (Å²) in [5.41, 5.74) is 2.26. The van der Waals surface area contributed by atoms with Gasteiger partial charge in [0.05, 0.1) is 16.1 Å². The van der Waals surface area contributed by atoms with Crippen LogP contribution in [0.25, 0.3) is 11.1 Å². The predicted molar refractivity (Wildman–Crippen MR) is 112 cm³/mol. The summed E-state index contributed by atoms with van der Waals surface area (Å²) in [6.07, 6.45) is -3.90.